The van der Waals surface area contributed by atoms with Crippen molar-refractivity contribution in [2.45, 2.75) is 20.3 Å². The van der Waals surface area contributed by atoms with Gasteiger partial charge in [-0.15, -0.1) is 0 Å². The Balaban J connectivity index is 1.77. The Morgan fingerprint density at radius 3 is 1.88 bits per heavy atom. The summed E-state index contributed by atoms with van der Waals surface area (Å²) in [5.74, 6) is 0. The molecular weight excluding hydrogens is 300 g/mol. The molecule has 0 aromatic heterocycles. The molecule has 0 amide bonds. The molecule has 0 N–H and O–H groups in total. The Morgan fingerprint density at radius 1 is 0.720 bits per heavy atom. The third-order valence-electron chi connectivity index (χ3n) is 4.54. The van der Waals surface area contributed by atoms with E-state index < -0.39 is 0 Å². The first-order valence-electron chi connectivity index (χ1n) is 8.63. The van der Waals surface area contributed by atoms with Crippen LogP contribution in [0.2, 0.25) is 0 Å². The summed E-state index contributed by atoms with van der Waals surface area (Å²) in [5.41, 5.74) is 9.54. The van der Waals surface area contributed by atoms with E-state index in [-0.39, 0.29) is 0 Å². The van der Waals surface area contributed by atoms with Crippen molar-refractivity contribution in [1.82, 2.24) is 0 Å². The van der Waals surface area contributed by atoms with Crippen LogP contribution in [-0.4, -0.2) is 0 Å². The fraction of sp³-hybridized carbons (Fsp3) is 0.120. The van der Waals surface area contributed by atoms with Crippen LogP contribution in [0.4, 0.5) is 0 Å². The highest BCUT2D eigenvalue weighted by atomic mass is 14.1. The largest absolute Gasteiger partial charge is 0.0955 e. The van der Waals surface area contributed by atoms with Gasteiger partial charge in [-0.2, -0.15) is 0 Å². The van der Waals surface area contributed by atoms with Gasteiger partial charge in [0.1, 0.15) is 0 Å². The zero-order valence-corrected chi connectivity index (χ0v) is 15.0. The molecule has 3 aromatic carbocycles. The normalized spacial score (nSPS) is 10.5. The van der Waals surface area contributed by atoms with E-state index in [1.807, 2.05) is 6.92 Å². The van der Waals surface area contributed by atoms with Gasteiger partial charge in [0.05, 0.1) is 0 Å². The van der Waals surface area contributed by atoms with Gasteiger partial charge in [-0.25, -0.2) is 0 Å². The highest BCUT2D eigenvalue weighted by Gasteiger charge is 2.05. The van der Waals surface area contributed by atoms with Gasteiger partial charge < -0.3 is 0 Å². The van der Waals surface area contributed by atoms with Crippen LogP contribution >= 0.6 is 0 Å². The first kappa shape index (κ1) is 17.0. The van der Waals surface area contributed by atoms with Crippen molar-refractivity contribution in [2.24, 2.45) is 0 Å². The van der Waals surface area contributed by atoms with Crippen molar-refractivity contribution in [3.8, 4) is 0 Å². The number of allylic oxidation sites excluding steroid dienone is 1. The van der Waals surface area contributed by atoms with Crippen molar-refractivity contribution >= 4 is 11.1 Å². The quantitative estimate of drug-likeness (QED) is 0.491. The SMILES string of the molecule is C=C(C)c1cccc(C(=C)c2ccc(Cc3ccc(C)cc3)cc2)c1. The number of hydrogen-bond donors (Lipinski definition) is 0. The second-order valence-corrected chi connectivity index (χ2v) is 6.70. The third-order valence-corrected chi connectivity index (χ3v) is 4.54. The Hall–Kier alpha value is -2.86. The maximum Gasteiger partial charge on any atom is -0.00258 e. The molecule has 124 valence electrons. The Labute approximate surface area is 151 Å². The van der Waals surface area contributed by atoms with E-state index in [1.165, 1.54) is 16.7 Å². The molecule has 0 aliphatic heterocycles. The molecule has 0 aliphatic rings. The molecule has 0 atom stereocenters. The van der Waals surface area contributed by atoms with Crippen molar-refractivity contribution in [3.05, 3.63) is 119 Å². The van der Waals surface area contributed by atoms with E-state index in [0.29, 0.717) is 0 Å². The van der Waals surface area contributed by atoms with E-state index in [1.54, 1.807) is 0 Å². The number of rotatable bonds is 5. The van der Waals surface area contributed by atoms with Crippen molar-refractivity contribution in [2.75, 3.05) is 0 Å². The lowest BCUT2D eigenvalue weighted by Gasteiger charge is -2.10. The molecule has 0 bridgehead atoms. The lowest BCUT2D eigenvalue weighted by molar-refractivity contribution is 1.18. The van der Waals surface area contributed by atoms with E-state index in [2.05, 4.69) is 92.9 Å². The van der Waals surface area contributed by atoms with Gasteiger partial charge in [0.25, 0.3) is 0 Å². The highest BCUT2D eigenvalue weighted by molar-refractivity contribution is 5.80. The van der Waals surface area contributed by atoms with E-state index in [0.717, 1.165) is 34.3 Å². The van der Waals surface area contributed by atoms with Crippen molar-refractivity contribution in [1.29, 1.82) is 0 Å². The molecule has 0 saturated heterocycles. The van der Waals surface area contributed by atoms with Gasteiger partial charge in [0.15, 0.2) is 0 Å². The van der Waals surface area contributed by atoms with Gasteiger partial charge in [0.2, 0.25) is 0 Å². The molecule has 3 aromatic rings. The minimum atomic E-state index is 0.957. The van der Waals surface area contributed by atoms with Gasteiger partial charge >= 0.3 is 0 Å². The summed E-state index contributed by atoms with van der Waals surface area (Å²) in [6.07, 6.45) is 0.957. The zero-order chi connectivity index (χ0) is 17.8. The first-order valence-corrected chi connectivity index (χ1v) is 8.63. The van der Waals surface area contributed by atoms with Crippen LogP contribution in [0, 0.1) is 6.92 Å². The van der Waals surface area contributed by atoms with E-state index >= 15 is 0 Å². The van der Waals surface area contributed by atoms with E-state index in [9.17, 15) is 0 Å². The predicted molar refractivity (Wildman–Crippen MR) is 110 cm³/mol. The average molecular weight is 324 g/mol. The highest BCUT2D eigenvalue weighted by Crippen LogP contribution is 2.25. The molecule has 0 heteroatoms. The molecular formula is C25H24. The molecule has 0 fully saturated rings. The molecule has 0 spiro atoms. The van der Waals surface area contributed by atoms with Crippen molar-refractivity contribution < 1.29 is 0 Å². The Bertz CT molecular complexity index is 894. The standard InChI is InChI=1S/C25H24/c1-18(2)24-6-5-7-25(17-24)20(4)23-14-12-22(13-15-23)16-21-10-8-19(3)9-11-21/h5-15,17H,1,4,16H2,2-3H3. The second-order valence-electron chi connectivity index (χ2n) is 6.70. The van der Waals surface area contributed by atoms with Crippen molar-refractivity contribution in [3.63, 3.8) is 0 Å². The lowest BCUT2D eigenvalue weighted by atomic mass is 9.95. The smallest absolute Gasteiger partial charge is 0.00258 e. The molecule has 25 heavy (non-hydrogen) atoms. The summed E-state index contributed by atoms with van der Waals surface area (Å²) in [6.45, 7) is 12.5. The number of benzene rings is 3. The van der Waals surface area contributed by atoms with Crippen LogP contribution in [-0.2, 0) is 6.42 Å². The summed E-state index contributed by atoms with van der Waals surface area (Å²) in [5, 5.41) is 0. The van der Waals surface area contributed by atoms with Crippen LogP contribution in [0.3, 0.4) is 0 Å². The fourth-order valence-electron chi connectivity index (χ4n) is 2.90. The van der Waals surface area contributed by atoms with Crippen LogP contribution in [0.1, 0.15) is 40.3 Å². The first-order chi connectivity index (χ1) is 12.0. The molecule has 0 unspecified atom stereocenters. The monoisotopic (exact) mass is 324 g/mol. The predicted octanol–water partition coefficient (Wildman–Crippen LogP) is 6.68. The van der Waals surface area contributed by atoms with E-state index in [4.69, 9.17) is 0 Å². The van der Waals surface area contributed by atoms with Gasteiger partial charge in [0, 0.05) is 0 Å². The van der Waals surface area contributed by atoms with Crippen LogP contribution in [0.5, 0.6) is 0 Å². The summed E-state index contributed by atoms with van der Waals surface area (Å²) in [6, 6.07) is 25.9. The second kappa shape index (κ2) is 7.36. The molecule has 0 heterocycles. The molecule has 0 radical (unpaired) electrons. The lowest BCUT2D eigenvalue weighted by Crippen LogP contribution is -1.91. The topological polar surface area (TPSA) is 0 Å². The molecule has 3 rings (SSSR count). The fourth-order valence-corrected chi connectivity index (χ4v) is 2.90. The number of hydrogen-bond acceptors (Lipinski definition) is 0. The van der Waals surface area contributed by atoms with Gasteiger partial charge in [-0.3, -0.25) is 0 Å². The number of aryl methyl sites for hydroxylation is 1. The molecule has 0 aliphatic carbocycles. The average Bonchev–Trinajstić information content (AvgIpc) is 2.64. The van der Waals surface area contributed by atoms with Crippen LogP contribution in [0.25, 0.3) is 11.1 Å². The minimum absolute atomic E-state index is 0.957. The van der Waals surface area contributed by atoms with Crippen LogP contribution < -0.4 is 0 Å². The summed E-state index contributed by atoms with van der Waals surface area (Å²) in [7, 11) is 0. The third kappa shape index (κ3) is 4.16. The summed E-state index contributed by atoms with van der Waals surface area (Å²) < 4.78 is 0. The van der Waals surface area contributed by atoms with Gasteiger partial charge in [-0.05, 0) is 59.7 Å². The summed E-state index contributed by atoms with van der Waals surface area (Å²) >= 11 is 0. The summed E-state index contributed by atoms with van der Waals surface area (Å²) in [4.78, 5) is 0. The molecule has 0 saturated carbocycles. The Morgan fingerprint density at radius 2 is 1.28 bits per heavy atom. The van der Waals surface area contributed by atoms with Crippen LogP contribution in [0.15, 0.2) is 86.0 Å². The van der Waals surface area contributed by atoms with Gasteiger partial charge in [-0.1, -0.05) is 91.0 Å². The maximum atomic E-state index is 4.29. The zero-order valence-electron chi connectivity index (χ0n) is 15.0. The maximum absolute atomic E-state index is 4.29. The molecule has 0 nitrogen and oxygen atoms in total. The minimum Gasteiger partial charge on any atom is -0.0955 e. The Kier molecular flexibility index (Phi) is 5.00.